The van der Waals surface area contributed by atoms with Crippen LogP contribution in [0.15, 0.2) is 64.1 Å². The van der Waals surface area contributed by atoms with Gasteiger partial charge >= 0.3 is 0 Å². The topological polar surface area (TPSA) is 80.9 Å². The lowest BCUT2D eigenvalue weighted by Gasteiger charge is -2.12. The third kappa shape index (κ3) is 7.87. The highest BCUT2D eigenvalue weighted by molar-refractivity contribution is 14.0. The molecule has 0 saturated heterocycles. The van der Waals surface area contributed by atoms with Crippen molar-refractivity contribution in [2.75, 3.05) is 32.7 Å². The van der Waals surface area contributed by atoms with Gasteiger partial charge in [0.15, 0.2) is 11.7 Å². The average molecular weight is 536 g/mol. The summed E-state index contributed by atoms with van der Waals surface area (Å²) in [5, 5.41) is 6.46. The van der Waals surface area contributed by atoms with Crippen LogP contribution in [0.5, 0.6) is 5.75 Å². The lowest BCUT2D eigenvalue weighted by Crippen LogP contribution is -2.30. The van der Waals surface area contributed by atoms with Crippen LogP contribution in [-0.2, 0) is 11.3 Å². The van der Waals surface area contributed by atoms with Crippen LogP contribution in [0.4, 0.5) is 5.69 Å². The van der Waals surface area contributed by atoms with E-state index in [9.17, 15) is 0 Å². The molecule has 0 amide bonds. The number of nitrogens with one attached hydrogen (secondary N) is 2. The summed E-state index contributed by atoms with van der Waals surface area (Å²) in [5.41, 5.74) is 3.09. The van der Waals surface area contributed by atoms with Crippen molar-refractivity contribution in [2.24, 2.45) is 4.99 Å². The van der Waals surface area contributed by atoms with Gasteiger partial charge in [0.2, 0.25) is 5.89 Å². The molecule has 0 radical (unpaired) electrons. The first-order chi connectivity index (χ1) is 14.7. The highest BCUT2D eigenvalue weighted by atomic mass is 127. The van der Waals surface area contributed by atoms with Gasteiger partial charge in [-0.05, 0) is 19.1 Å². The van der Waals surface area contributed by atoms with E-state index >= 15 is 0 Å². The predicted octanol–water partition coefficient (Wildman–Crippen LogP) is 4.87. The number of anilines is 1. The molecular formula is C23H29IN4O3. The minimum Gasteiger partial charge on any atom is -0.493 e. The molecule has 7 nitrogen and oxygen atoms in total. The fourth-order valence-electron chi connectivity index (χ4n) is 2.78. The molecule has 0 aliphatic carbocycles. The number of aryl methyl sites for hydroxylation is 1. The van der Waals surface area contributed by atoms with Gasteiger partial charge in [0, 0.05) is 44.5 Å². The summed E-state index contributed by atoms with van der Waals surface area (Å²) < 4.78 is 16.6. The van der Waals surface area contributed by atoms with Crippen molar-refractivity contribution in [1.29, 1.82) is 0 Å². The van der Waals surface area contributed by atoms with Crippen LogP contribution in [0.3, 0.4) is 0 Å². The molecule has 3 rings (SSSR count). The number of benzene rings is 2. The van der Waals surface area contributed by atoms with E-state index in [1.54, 1.807) is 20.4 Å². The first-order valence-electron chi connectivity index (χ1n) is 9.89. The van der Waals surface area contributed by atoms with E-state index in [0.717, 1.165) is 29.2 Å². The maximum atomic E-state index is 5.85. The summed E-state index contributed by atoms with van der Waals surface area (Å²) in [7, 11) is 3.40. The smallest absolute Gasteiger partial charge is 0.214 e. The van der Waals surface area contributed by atoms with Gasteiger partial charge in [0.25, 0.3) is 0 Å². The molecule has 1 heterocycles. The van der Waals surface area contributed by atoms with E-state index in [-0.39, 0.29) is 24.0 Å². The normalized spacial score (nSPS) is 11.0. The molecule has 2 N–H and O–H groups in total. The average Bonchev–Trinajstić information content (AvgIpc) is 3.24. The minimum atomic E-state index is 0. The van der Waals surface area contributed by atoms with Crippen LogP contribution in [0, 0.1) is 6.92 Å². The number of rotatable bonds is 9. The van der Waals surface area contributed by atoms with Gasteiger partial charge in [-0.15, -0.1) is 24.0 Å². The zero-order valence-corrected chi connectivity index (χ0v) is 20.4. The predicted molar refractivity (Wildman–Crippen MR) is 134 cm³/mol. The zero-order chi connectivity index (χ0) is 21.2. The van der Waals surface area contributed by atoms with E-state index < -0.39 is 0 Å². The minimum absolute atomic E-state index is 0. The maximum absolute atomic E-state index is 5.85. The van der Waals surface area contributed by atoms with Crippen molar-refractivity contribution >= 4 is 35.6 Å². The Bertz CT molecular complexity index is 957. The van der Waals surface area contributed by atoms with E-state index in [1.807, 2.05) is 36.4 Å². The molecule has 3 aromatic rings. The zero-order valence-electron chi connectivity index (χ0n) is 18.1. The second-order valence-electron chi connectivity index (χ2n) is 6.76. The van der Waals surface area contributed by atoms with Crippen molar-refractivity contribution in [3.05, 3.63) is 66.2 Å². The number of methoxy groups -OCH3 is 1. The van der Waals surface area contributed by atoms with Crippen LogP contribution in [0.1, 0.15) is 17.9 Å². The number of hydrogen-bond donors (Lipinski definition) is 2. The molecule has 0 unspecified atom stereocenters. The van der Waals surface area contributed by atoms with Gasteiger partial charge in [0.05, 0.1) is 19.3 Å². The van der Waals surface area contributed by atoms with Crippen molar-refractivity contribution in [3.8, 4) is 17.1 Å². The fraction of sp³-hybridized carbons (Fsp3) is 0.304. The molecule has 2 aromatic carbocycles. The number of guanidine groups is 1. The third-order valence-corrected chi connectivity index (χ3v) is 4.38. The molecular weight excluding hydrogens is 507 g/mol. The molecule has 0 aliphatic rings. The molecule has 0 fully saturated rings. The van der Waals surface area contributed by atoms with Crippen molar-refractivity contribution in [1.82, 2.24) is 10.3 Å². The molecule has 0 spiro atoms. The lowest BCUT2D eigenvalue weighted by molar-refractivity contribution is 0.172. The van der Waals surface area contributed by atoms with Gasteiger partial charge in [0.1, 0.15) is 5.75 Å². The SMILES string of the molecule is CN=C(NCc1ncc(-c2ccc(C)cc2)o1)Nc1cccc(OCCCOC)c1.I. The van der Waals surface area contributed by atoms with Gasteiger partial charge < -0.3 is 24.5 Å². The Hall–Kier alpha value is -2.59. The Kier molecular flexibility index (Phi) is 10.3. The Morgan fingerprint density at radius 1 is 1.13 bits per heavy atom. The van der Waals surface area contributed by atoms with Crippen LogP contribution < -0.4 is 15.4 Å². The number of hydrogen-bond acceptors (Lipinski definition) is 5. The van der Waals surface area contributed by atoms with E-state index in [4.69, 9.17) is 13.9 Å². The van der Waals surface area contributed by atoms with E-state index in [1.165, 1.54) is 5.56 Å². The summed E-state index contributed by atoms with van der Waals surface area (Å²) in [5.74, 6) is 2.74. The first-order valence-corrected chi connectivity index (χ1v) is 9.89. The largest absolute Gasteiger partial charge is 0.493 e. The number of nitrogens with zero attached hydrogens (tertiary/aromatic N) is 2. The molecule has 0 saturated carbocycles. The van der Waals surface area contributed by atoms with Crippen LogP contribution >= 0.6 is 24.0 Å². The first kappa shape index (κ1) is 24.7. The standard InChI is InChI=1S/C23H28N4O3.HI/c1-17-8-10-18(11-9-17)21-15-25-22(30-21)16-26-23(24-2)27-19-6-4-7-20(14-19)29-13-5-12-28-3;/h4,6-11,14-15H,5,12-13,16H2,1-3H3,(H2,24,26,27);1H. The van der Waals surface area contributed by atoms with Crippen LogP contribution in [0.2, 0.25) is 0 Å². The monoisotopic (exact) mass is 536 g/mol. The quantitative estimate of drug-likeness (QED) is 0.176. The maximum Gasteiger partial charge on any atom is 0.214 e. The van der Waals surface area contributed by atoms with Gasteiger partial charge in [-0.25, -0.2) is 4.98 Å². The molecule has 8 heteroatoms. The number of halogens is 1. The van der Waals surface area contributed by atoms with Crippen LogP contribution in [0.25, 0.3) is 11.3 Å². The summed E-state index contributed by atoms with van der Waals surface area (Å²) >= 11 is 0. The van der Waals surface area contributed by atoms with Crippen molar-refractivity contribution in [2.45, 2.75) is 19.9 Å². The molecule has 31 heavy (non-hydrogen) atoms. The third-order valence-electron chi connectivity index (χ3n) is 4.38. The Morgan fingerprint density at radius 3 is 2.68 bits per heavy atom. The highest BCUT2D eigenvalue weighted by Crippen LogP contribution is 2.21. The van der Waals surface area contributed by atoms with Crippen molar-refractivity contribution in [3.63, 3.8) is 0 Å². The van der Waals surface area contributed by atoms with Gasteiger partial charge in [-0.3, -0.25) is 4.99 Å². The number of aromatic nitrogens is 1. The molecule has 0 atom stereocenters. The lowest BCUT2D eigenvalue weighted by atomic mass is 10.1. The Labute approximate surface area is 200 Å². The highest BCUT2D eigenvalue weighted by Gasteiger charge is 2.08. The Balaban J connectivity index is 0.00000341. The van der Waals surface area contributed by atoms with Gasteiger partial charge in [-0.2, -0.15) is 0 Å². The second-order valence-corrected chi connectivity index (χ2v) is 6.76. The molecule has 0 aliphatic heterocycles. The summed E-state index contributed by atoms with van der Waals surface area (Å²) in [6, 6.07) is 15.9. The molecule has 1 aromatic heterocycles. The molecule has 0 bridgehead atoms. The number of oxazole rings is 1. The summed E-state index contributed by atoms with van der Waals surface area (Å²) in [6.45, 7) is 3.76. The Morgan fingerprint density at radius 2 is 1.94 bits per heavy atom. The van der Waals surface area contributed by atoms with Crippen LogP contribution in [-0.4, -0.2) is 38.3 Å². The number of ether oxygens (including phenoxy) is 2. The number of aliphatic imine (C=N–C) groups is 1. The van der Waals surface area contributed by atoms with Crippen molar-refractivity contribution < 1.29 is 13.9 Å². The molecule has 166 valence electrons. The fourth-order valence-corrected chi connectivity index (χ4v) is 2.78. The second kappa shape index (κ2) is 13.0. The van der Waals surface area contributed by atoms with E-state index in [0.29, 0.717) is 31.6 Å². The van der Waals surface area contributed by atoms with E-state index in [2.05, 4.69) is 39.7 Å². The summed E-state index contributed by atoms with van der Waals surface area (Å²) in [4.78, 5) is 8.61. The van der Waals surface area contributed by atoms with Gasteiger partial charge in [-0.1, -0.05) is 35.9 Å². The summed E-state index contributed by atoms with van der Waals surface area (Å²) in [6.07, 6.45) is 2.58.